The molecule has 0 bridgehead atoms. The largest absolute Gasteiger partial charge is 0.497 e. The molecule has 6 heteroatoms. The van der Waals surface area contributed by atoms with Crippen LogP contribution < -0.4 is 14.8 Å². The van der Waals surface area contributed by atoms with Crippen molar-refractivity contribution in [1.29, 1.82) is 0 Å². The van der Waals surface area contributed by atoms with E-state index in [9.17, 15) is 4.79 Å². The first kappa shape index (κ1) is 18.4. The van der Waals surface area contributed by atoms with Gasteiger partial charge >= 0.3 is 0 Å². The van der Waals surface area contributed by atoms with E-state index in [0.29, 0.717) is 41.8 Å². The van der Waals surface area contributed by atoms with E-state index < -0.39 is 0 Å². The van der Waals surface area contributed by atoms with Gasteiger partial charge in [-0.05, 0) is 42.3 Å². The minimum absolute atomic E-state index is 0.0170. The Balaban J connectivity index is 1.65. The van der Waals surface area contributed by atoms with Gasteiger partial charge in [0.2, 0.25) is 5.91 Å². The first-order valence-corrected chi connectivity index (χ1v) is 8.31. The van der Waals surface area contributed by atoms with Gasteiger partial charge in [-0.2, -0.15) is 0 Å². The third-order valence-electron chi connectivity index (χ3n) is 3.35. The molecule has 0 saturated heterocycles. The van der Waals surface area contributed by atoms with Crippen molar-refractivity contribution < 1.29 is 14.3 Å². The highest BCUT2D eigenvalue weighted by molar-refractivity contribution is 6.35. The first-order chi connectivity index (χ1) is 11.6. The number of carbonyl (C=O) groups excluding carboxylic acids is 1. The van der Waals surface area contributed by atoms with Gasteiger partial charge in [-0.15, -0.1) is 0 Å². The van der Waals surface area contributed by atoms with Gasteiger partial charge in [0, 0.05) is 18.0 Å². The van der Waals surface area contributed by atoms with E-state index in [1.165, 1.54) is 0 Å². The molecule has 0 fully saturated rings. The van der Waals surface area contributed by atoms with Crippen molar-refractivity contribution in [2.45, 2.75) is 19.4 Å². The molecular formula is C18H19Cl2NO3. The summed E-state index contributed by atoms with van der Waals surface area (Å²) in [5.74, 6) is 1.35. The Kier molecular flexibility index (Phi) is 7.22. The Labute approximate surface area is 151 Å². The van der Waals surface area contributed by atoms with Gasteiger partial charge in [0.05, 0.1) is 18.7 Å². The number of hydrogen-bond acceptors (Lipinski definition) is 3. The molecule has 2 aromatic carbocycles. The molecule has 0 heterocycles. The highest BCUT2D eigenvalue weighted by atomic mass is 35.5. The van der Waals surface area contributed by atoms with Crippen molar-refractivity contribution >= 4 is 29.1 Å². The third-order valence-corrected chi connectivity index (χ3v) is 3.88. The molecule has 0 spiro atoms. The molecule has 0 atom stereocenters. The molecule has 128 valence electrons. The van der Waals surface area contributed by atoms with Crippen LogP contribution in [0.4, 0.5) is 0 Å². The Morgan fingerprint density at radius 1 is 1.12 bits per heavy atom. The zero-order valence-electron chi connectivity index (χ0n) is 13.4. The van der Waals surface area contributed by atoms with Crippen molar-refractivity contribution in [3.8, 4) is 11.5 Å². The summed E-state index contributed by atoms with van der Waals surface area (Å²) in [6, 6.07) is 12.6. The monoisotopic (exact) mass is 367 g/mol. The number of ether oxygens (including phenoxy) is 2. The predicted octanol–water partition coefficient (Wildman–Crippen LogP) is 4.48. The van der Waals surface area contributed by atoms with E-state index in [2.05, 4.69) is 5.32 Å². The van der Waals surface area contributed by atoms with Crippen molar-refractivity contribution in [2.24, 2.45) is 0 Å². The van der Waals surface area contributed by atoms with Crippen molar-refractivity contribution in [3.05, 3.63) is 58.1 Å². The number of hydrogen-bond donors (Lipinski definition) is 1. The lowest BCUT2D eigenvalue weighted by atomic mass is 10.2. The Morgan fingerprint density at radius 3 is 2.54 bits per heavy atom. The van der Waals surface area contributed by atoms with Gasteiger partial charge < -0.3 is 14.8 Å². The van der Waals surface area contributed by atoms with E-state index >= 15 is 0 Å². The summed E-state index contributed by atoms with van der Waals surface area (Å²) in [6.45, 7) is 0.907. The van der Waals surface area contributed by atoms with Crippen LogP contribution in [0.2, 0.25) is 10.0 Å². The predicted molar refractivity (Wildman–Crippen MR) is 96.0 cm³/mol. The number of benzene rings is 2. The molecule has 0 saturated carbocycles. The normalized spacial score (nSPS) is 10.3. The molecule has 4 nitrogen and oxygen atoms in total. The number of nitrogens with one attached hydrogen (secondary N) is 1. The number of halogens is 2. The fraction of sp³-hybridized carbons (Fsp3) is 0.278. The van der Waals surface area contributed by atoms with E-state index in [1.807, 2.05) is 24.3 Å². The van der Waals surface area contributed by atoms with Crippen LogP contribution in [-0.2, 0) is 11.3 Å². The molecule has 0 aliphatic heterocycles. The summed E-state index contributed by atoms with van der Waals surface area (Å²) >= 11 is 11.8. The van der Waals surface area contributed by atoms with Gasteiger partial charge in [-0.3, -0.25) is 4.79 Å². The average Bonchev–Trinajstić information content (AvgIpc) is 2.59. The highest BCUT2D eigenvalue weighted by Crippen LogP contribution is 2.27. The molecule has 2 rings (SSSR count). The van der Waals surface area contributed by atoms with Crippen LogP contribution in [0.5, 0.6) is 11.5 Å². The third kappa shape index (κ3) is 5.95. The number of rotatable bonds is 8. The second-order valence-corrected chi connectivity index (χ2v) is 6.00. The van der Waals surface area contributed by atoms with E-state index in [1.54, 1.807) is 25.3 Å². The highest BCUT2D eigenvalue weighted by Gasteiger charge is 2.05. The zero-order valence-corrected chi connectivity index (χ0v) is 14.9. The molecule has 2 aromatic rings. The summed E-state index contributed by atoms with van der Waals surface area (Å²) < 4.78 is 10.6. The standard InChI is InChI=1S/C18H19Cl2NO3/c1-23-15-7-4-13(5-8-15)12-21-18(22)3-2-10-24-17-9-6-14(19)11-16(17)20/h4-9,11H,2-3,10,12H2,1H3,(H,21,22). The minimum Gasteiger partial charge on any atom is -0.497 e. The second-order valence-electron chi connectivity index (χ2n) is 5.15. The SMILES string of the molecule is COc1ccc(CNC(=O)CCCOc2ccc(Cl)cc2Cl)cc1. The van der Waals surface area contributed by atoms with Gasteiger partial charge in [-0.25, -0.2) is 0 Å². The van der Waals surface area contributed by atoms with Crippen LogP contribution in [0.1, 0.15) is 18.4 Å². The van der Waals surface area contributed by atoms with Crippen molar-refractivity contribution in [2.75, 3.05) is 13.7 Å². The molecule has 24 heavy (non-hydrogen) atoms. The molecule has 1 N–H and O–H groups in total. The fourth-order valence-electron chi connectivity index (χ4n) is 2.04. The van der Waals surface area contributed by atoms with Gasteiger partial charge in [0.25, 0.3) is 0 Å². The number of methoxy groups -OCH3 is 1. The zero-order chi connectivity index (χ0) is 17.4. The summed E-state index contributed by atoms with van der Waals surface area (Å²) in [7, 11) is 1.62. The maximum absolute atomic E-state index is 11.8. The molecular weight excluding hydrogens is 349 g/mol. The summed E-state index contributed by atoms with van der Waals surface area (Å²) in [6.07, 6.45) is 0.995. The lowest BCUT2D eigenvalue weighted by Gasteiger charge is -2.09. The second kappa shape index (κ2) is 9.40. The molecule has 0 aliphatic rings. The van der Waals surface area contributed by atoms with Crippen LogP contribution in [0.25, 0.3) is 0 Å². The lowest BCUT2D eigenvalue weighted by Crippen LogP contribution is -2.22. The summed E-state index contributed by atoms with van der Waals surface area (Å²) in [4.78, 5) is 11.8. The lowest BCUT2D eigenvalue weighted by molar-refractivity contribution is -0.121. The van der Waals surface area contributed by atoms with Crippen LogP contribution >= 0.6 is 23.2 Å². The van der Waals surface area contributed by atoms with Crippen molar-refractivity contribution in [3.63, 3.8) is 0 Å². The van der Waals surface area contributed by atoms with Gasteiger partial charge in [-0.1, -0.05) is 35.3 Å². The topological polar surface area (TPSA) is 47.6 Å². The average molecular weight is 368 g/mol. The first-order valence-electron chi connectivity index (χ1n) is 7.56. The van der Waals surface area contributed by atoms with E-state index in [-0.39, 0.29) is 5.91 Å². The van der Waals surface area contributed by atoms with Crippen LogP contribution in [-0.4, -0.2) is 19.6 Å². The Hall–Kier alpha value is -1.91. The van der Waals surface area contributed by atoms with Gasteiger partial charge in [0.1, 0.15) is 11.5 Å². The number of carbonyl (C=O) groups is 1. The molecule has 0 aliphatic carbocycles. The Bertz CT molecular complexity index is 674. The summed E-state index contributed by atoms with van der Waals surface area (Å²) in [5.41, 5.74) is 1.02. The van der Waals surface area contributed by atoms with Gasteiger partial charge in [0.15, 0.2) is 0 Å². The van der Waals surface area contributed by atoms with Crippen LogP contribution in [0, 0.1) is 0 Å². The Morgan fingerprint density at radius 2 is 1.88 bits per heavy atom. The van der Waals surface area contributed by atoms with E-state index in [0.717, 1.165) is 11.3 Å². The summed E-state index contributed by atoms with van der Waals surface area (Å²) in [5, 5.41) is 3.90. The van der Waals surface area contributed by atoms with Crippen molar-refractivity contribution in [1.82, 2.24) is 5.32 Å². The molecule has 0 radical (unpaired) electrons. The van der Waals surface area contributed by atoms with Crippen LogP contribution in [0.15, 0.2) is 42.5 Å². The number of amides is 1. The smallest absolute Gasteiger partial charge is 0.220 e. The maximum atomic E-state index is 11.8. The molecule has 0 aromatic heterocycles. The molecule has 1 amide bonds. The fourth-order valence-corrected chi connectivity index (χ4v) is 2.50. The molecule has 0 unspecified atom stereocenters. The van der Waals surface area contributed by atoms with E-state index in [4.69, 9.17) is 32.7 Å². The van der Waals surface area contributed by atoms with Crippen LogP contribution in [0.3, 0.4) is 0 Å². The minimum atomic E-state index is -0.0170. The maximum Gasteiger partial charge on any atom is 0.220 e. The quantitative estimate of drug-likeness (QED) is 0.699.